The van der Waals surface area contributed by atoms with Gasteiger partial charge in [-0.3, -0.25) is 14.5 Å². The van der Waals surface area contributed by atoms with Crippen LogP contribution in [0.3, 0.4) is 0 Å². The Hall–Kier alpha value is -2.86. The first-order valence-corrected chi connectivity index (χ1v) is 10.4. The Morgan fingerprint density at radius 2 is 1.69 bits per heavy atom. The highest BCUT2D eigenvalue weighted by molar-refractivity contribution is 8.15. The minimum absolute atomic E-state index is 0.221. The average molecular weight is 408 g/mol. The van der Waals surface area contributed by atoms with Crippen LogP contribution in [0.4, 0.5) is 5.69 Å². The molecule has 1 unspecified atom stereocenters. The van der Waals surface area contributed by atoms with Crippen molar-refractivity contribution in [1.29, 1.82) is 0 Å². The Morgan fingerprint density at radius 3 is 2.24 bits per heavy atom. The quantitative estimate of drug-likeness (QED) is 0.743. The van der Waals surface area contributed by atoms with Crippen molar-refractivity contribution in [2.45, 2.75) is 38.9 Å². The molecule has 2 aromatic carbocycles. The molecule has 3 rings (SSSR count). The topological polar surface area (TPSA) is 75.8 Å². The van der Waals surface area contributed by atoms with Gasteiger partial charge in [-0.1, -0.05) is 67.6 Å². The van der Waals surface area contributed by atoms with Crippen LogP contribution in [0.5, 0.6) is 0 Å². The van der Waals surface area contributed by atoms with Gasteiger partial charge in [0.25, 0.3) is 5.91 Å². The van der Waals surface area contributed by atoms with Crippen LogP contribution in [0.25, 0.3) is 6.08 Å². The summed E-state index contributed by atoms with van der Waals surface area (Å²) in [6.07, 6.45) is 1.77. The van der Waals surface area contributed by atoms with E-state index in [0.29, 0.717) is 22.5 Å². The predicted octanol–water partition coefficient (Wildman–Crippen LogP) is 4.47. The standard InChI is InChI=1S/C23H25N3O2S/c1-14(2)18-9-7-17(8-10-18)13-20-22(28)26(19-11-5-15(3)6-12-19)23(25-20)29-16(4)21(24)27/h5-14,16H,1-4H3,(H2,24,27). The van der Waals surface area contributed by atoms with Gasteiger partial charge in [0, 0.05) is 0 Å². The first-order valence-electron chi connectivity index (χ1n) is 9.53. The summed E-state index contributed by atoms with van der Waals surface area (Å²) in [4.78, 5) is 30.8. The second-order valence-electron chi connectivity index (χ2n) is 7.38. The molecule has 1 aliphatic rings. The van der Waals surface area contributed by atoms with Gasteiger partial charge in [-0.2, -0.15) is 0 Å². The van der Waals surface area contributed by atoms with Crippen molar-refractivity contribution >= 4 is 40.5 Å². The summed E-state index contributed by atoms with van der Waals surface area (Å²) in [5.41, 5.74) is 9.70. The number of carbonyl (C=O) groups is 2. The third-order valence-corrected chi connectivity index (χ3v) is 5.78. The molecule has 0 fully saturated rings. The van der Waals surface area contributed by atoms with E-state index in [0.717, 1.165) is 11.1 Å². The summed E-state index contributed by atoms with van der Waals surface area (Å²) in [5, 5.41) is -0.0469. The highest BCUT2D eigenvalue weighted by Gasteiger charge is 2.33. The number of amidine groups is 1. The van der Waals surface area contributed by atoms with Gasteiger partial charge in [0.05, 0.1) is 10.9 Å². The van der Waals surface area contributed by atoms with Crippen LogP contribution in [-0.4, -0.2) is 22.2 Å². The summed E-state index contributed by atoms with van der Waals surface area (Å²) in [6.45, 7) is 7.97. The van der Waals surface area contributed by atoms with Gasteiger partial charge in [-0.05, 0) is 49.1 Å². The molecule has 2 N–H and O–H groups in total. The first kappa shape index (κ1) is 20.9. The number of carbonyl (C=O) groups excluding carboxylic acids is 2. The Morgan fingerprint density at radius 1 is 1.07 bits per heavy atom. The number of aliphatic imine (C=N–C) groups is 1. The van der Waals surface area contributed by atoms with E-state index in [1.807, 2.05) is 43.3 Å². The largest absolute Gasteiger partial charge is 0.369 e. The molecule has 6 heteroatoms. The van der Waals surface area contributed by atoms with Crippen molar-refractivity contribution in [1.82, 2.24) is 0 Å². The van der Waals surface area contributed by atoms with E-state index in [1.165, 1.54) is 22.2 Å². The van der Waals surface area contributed by atoms with Crippen molar-refractivity contribution < 1.29 is 9.59 Å². The van der Waals surface area contributed by atoms with Gasteiger partial charge in [0.1, 0.15) is 5.70 Å². The van der Waals surface area contributed by atoms with Crippen LogP contribution < -0.4 is 10.6 Å². The van der Waals surface area contributed by atoms with Crippen LogP contribution in [-0.2, 0) is 9.59 Å². The first-order chi connectivity index (χ1) is 13.8. The zero-order valence-corrected chi connectivity index (χ0v) is 17.9. The zero-order valence-electron chi connectivity index (χ0n) is 17.0. The fourth-order valence-corrected chi connectivity index (χ4v) is 3.73. The van der Waals surface area contributed by atoms with Crippen molar-refractivity contribution in [3.8, 4) is 0 Å². The molecular weight excluding hydrogens is 382 g/mol. The molecule has 0 spiro atoms. The maximum Gasteiger partial charge on any atom is 0.283 e. The Labute approximate surface area is 175 Å². The summed E-state index contributed by atoms with van der Waals surface area (Å²) < 4.78 is 0. The molecule has 0 radical (unpaired) electrons. The fourth-order valence-electron chi connectivity index (χ4n) is 2.85. The molecule has 0 bridgehead atoms. The van der Waals surface area contributed by atoms with Gasteiger partial charge in [0.2, 0.25) is 5.91 Å². The number of hydrogen-bond acceptors (Lipinski definition) is 4. The number of hydrogen-bond donors (Lipinski definition) is 1. The molecule has 0 aromatic heterocycles. The second-order valence-corrected chi connectivity index (χ2v) is 8.69. The van der Waals surface area contributed by atoms with E-state index in [2.05, 4.69) is 31.0 Å². The lowest BCUT2D eigenvalue weighted by Crippen LogP contribution is -2.33. The number of nitrogens with two attached hydrogens (primary N) is 1. The zero-order chi connectivity index (χ0) is 21.1. The monoisotopic (exact) mass is 407 g/mol. The summed E-state index contributed by atoms with van der Waals surface area (Å²) >= 11 is 1.19. The van der Waals surface area contributed by atoms with Gasteiger partial charge in [0.15, 0.2) is 5.17 Å². The molecule has 29 heavy (non-hydrogen) atoms. The average Bonchev–Trinajstić information content (AvgIpc) is 2.98. The number of aryl methyl sites for hydroxylation is 1. The molecule has 150 valence electrons. The second kappa shape index (κ2) is 8.66. The molecule has 0 saturated heterocycles. The molecule has 1 heterocycles. The lowest BCUT2D eigenvalue weighted by atomic mass is 10.0. The SMILES string of the molecule is Cc1ccc(N2C(=O)C(=Cc3ccc(C(C)C)cc3)N=C2SC(C)C(N)=O)cc1. The summed E-state index contributed by atoms with van der Waals surface area (Å²) in [5.74, 6) is -0.227. The number of primary amides is 1. The molecule has 1 atom stereocenters. The highest BCUT2D eigenvalue weighted by atomic mass is 32.2. The maximum absolute atomic E-state index is 13.1. The van der Waals surface area contributed by atoms with Gasteiger partial charge in [-0.25, -0.2) is 4.99 Å². The normalized spacial score (nSPS) is 16.4. The third-order valence-electron chi connectivity index (χ3n) is 4.71. The molecule has 0 aliphatic carbocycles. The van der Waals surface area contributed by atoms with Crippen LogP contribution >= 0.6 is 11.8 Å². The maximum atomic E-state index is 13.1. The minimum atomic E-state index is -0.501. The van der Waals surface area contributed by atoms with Crippen molar-refractivity contribution in [3.63, 3.8) is 0 Å². The number of anilines is 1. The Balaban J connectivity index is 1.97. The molecule has 2 amide bonds. The van der Waals surface area contributed by atoms with E-state index in [1.54, 1.807) is 13.0 Å². The van der Waals surface area contributed by atoms with E-state index in [4.69, 9.17) is 5.73 Å². The molecule has 1 aliphatic heterocycles. The lowest BCUT2D eigenvalue weighted by molar-refractivity contribution is -0.117. The van der Waals surface area contributed by atoms with E-state index in [9.17, 15) is 9.59 Å². The van der Waals surface area contributed by atoms with E-state index < -0.39 is 11.2 Å². The third kappa shape index (κ3) is 4.77. The fraction of sp³-hybridized carbons (Fsp3) is 0.261. The Bertz CT molecular complexity index is 976. The molecule has 0 saturated carbocycles. The highest BCUT2D eigenvalue weighted by Crippen LogP contribution is 2.31. The molecule has 2 aromatic rings. The summed E-state index contributed by atoms with van der Waals surface area (Å²) in [7, 11) is 0. The molecule has 5 nitrogen and oxygen atoms in total. The number of thioether (sulfide) groups is 1. The number of rotatable bonds is 5. The van der Waals surface area contributed by atoms with Crippen LogP contribution in [0.15, 0.2) is 59.2 Å². The van der Waals surface area contributed by atoms with Gasteiger partial charge in [-0.15, -0.1) is 0 Å². The van der Waals surface area contributed by atoms with E-state index in [-0.39, 0.29) is 5.91 Å². The van der Waals surface area contributed by atoms with E-state index >= 15 is 0 Å². The number of nitrogens with zero attached hydrogens (tertiary/aromatic N) is 2. The number of benzene rings is 2. The van der Waals surface area contributed by atoms with Gasteiger partial charge >= 0.3 is 0 Å². The van der Waals surface area contributed by atoms with Crippen molar-refractivity contribution in [3.05, 3.63) is 70.9 Å². The van der Waals surface area contributed by atoms with Gasteiger partial charge < -0.3 is 5.73 Å². The molecular formula is C23H25N3O2S. The van der Waals surface area contributed by atoms with Crippen LogP contribution in [0, 0.1) is 6.92 Å². The Kier molecular flexibility index (Phi) is 6.23. The van der Waals surface area contributed by atoms with Crippen molar-refractivity contribution in [2.75, 3.05) is 4.90 Å². The summed E-state index contributed by atoms with van der Waals surface area (Å²) in [6, 6.07) is 15.7. The predicted molar refractivity (Wildman–Crippen MR) is 121 cm³/mol. The number of amides is 2. The smallest absolute Gasteiger partial charge is 0.283 e. The van der Waals surface area contributed by atoms with Crippen LogP contribution in [0.1, 0.15) is 43.4 Å². The van der Waals surface area contributed by atoms with Crippen molar-refractivity contribution in [2.24, 2.45) is 10.7 Å². The minimum Gasteiger partial charge on any atom is -0.369 e. The van der Waals surface area contributed by atoms with Crippen LogP contribution in [0.2, 0.25) is 0 Å². The lowest BCUT2D eigenvalue weighted by Gasteiger charge is -2.19.